The van der Waals surface area contributed by atoms with Gasteiger partial charge in [0.25, 0.3) is 0 Å². The van der Waals surface area contributed by atoms with E-state index in [-0.39, 0.29) is 0 Å². The van der Waals surface area contributed by atoms with E-state index in [2.05, 4.69) is 15.3 Å². The molecule has 1 N–H and O–H groups in total. The number of anilines is 2. The third kappa shape index (κ3) is 2.51. The SMILES string of the molecule is Cc1ccc2cccc(Nc3nccc(C#N)c3Cl)c2n1. The summed E-state index contributed by atoms with van der Waals surface area (Å²) in [7, 11) is 0. The third-order valence-corrected chi connectivity index (χ3v) is 3.50. The van der Waals surface area contributed by atoms with Crippen molar-refractivity contribution in [3.05, 3.63) is 58.9 Å². The van der Waals surface area contributed by atoms with Crippen molar-refractivity contribution in [1.29, 1.82) is 5.26 Å². The third-order valence-electron chi connectivity index (χ3n) is 3.12. The predicted molar refractivity (Wildman–Crippen MR) is 83.7 cm³/mol. The summed E-state index contributed by atoms with van der Waals surface area (Å²) in [4.78, 5) is 8.74. The Morgan fingerprint density at radius 2 is 2.05 bits per heavy atom. The first-order chi connectivity index (χ1) is 10.2. The predicted octanol–water partition coefficient (Wildman–Crippen LogP) is 4.21. The Morgan fingerprint density at radius 3 is 2.86 bits per heavy atom. The van der Waals surface area contributed by atoms with E-state index in [1.807, 2.05) is 43.3 Å². The second-order valence-corrected chi connectivity index (χ2v) is 4.97. The van der Waals surface area contributed by atoms with Crippen molar-refractivity contribution in [2.45, 2.75) is 6.92 Å². The number of nitrogens with zero attached hydrogens (tertiary/aromatic N) is 3. The summed E-state index contributed by atoms with van der Waals surface area (Å²) in [5.74, 6) is 0.450. The zero-order valence-electron chi connectivity index (χ0n) is 11.3. The first kappa shape index (κ1) is 13.3. The molecule has 0 spiro atoms. The molecule has 0 aliphatic carbocycles. The highest BCUT2D eigenvalue weighted by Crippen LogP contribution is 2.29. The van der Waals surface area contributed by atoms with Crippen molar-refractivity contribution in [2.24, 2.45) is 0 Å². The molecule has 0 aliphatic rings. The van der Waals surface area contributed by atoms with Gasteiger partial charge in [-0.3, -0.25) is 4.98 Å². The first-order valence-electron chi connectivity index (χ1n) is 6.37. The van der Waals surface area contributed by atoms with E-state index < -0.39 is 0 Å². The van der Waals surface area contributed by atoms with Crippen molar-refractivity contribution in [3.63, 3.8) is 0 Å². The van der Waals surface area contributed by atoms with Crippen LogP contribution in [0.1, 0.15) is 11.3 Å². The number of fused-ring (bicyclic) bond motifs is 1. The summed E-state index contributed by atoms with van der Waals surface area (Å²) >= 11 is 6.17. The van der Waals surface area contributed by atoms with Gasteiger partial charge in [-0.05, 0) is 25.1 Å². The van der Waals surface area contributed by atoms with Gasteiger partial charge in [-0.15, -0.1) is 0 Å². The van der Waals surface area contributed by atoms with Crippen molar-refractivity contribution < 1.29 is 0 Å². The standard InChI is InChI=1S/C16H11ClN4/c1-10-5-6-11-3-2-4-13(15(11)20-10)21-16-14(17)12(9-18)7-8-19-16/h2-8H,1H3,(H,19,21). The van der Waals surface area contributed by atoms with Gasteiger partial charge in [-0.1, -0.05) is 29.8 Å². The molecule has 5 heteroatoms. The number of hydrogen-bond acceptors (Lipinski definition) is 4. The molecule has 0 bridgehead atoms. The molecule has 0 saturated carbocycles. The molecule has 0 radical (unpaired) electrons. The zero-order chi connectivity index (χ0) is 14.8. The lowest BCUT2D eigenvalue weighted by atomic mass is 10.1. The van der Waals surface area contributed by atoms with Crippen molar-refractivity contribution in [3.8, 4) is 6.07 Å². The van der Waals surface area contributed by atoms with Gasteiger partial charge in [-0.25, -0.2) is 4.98 Å². The molecule has 21 heavy (non-hydrogen) atoms. The number of aromatic nitrogens is 2. The van der Waals surface area contributed by atoms with Crippen LogP contribution in [0, 0.1) is 18.3 Å². The van der Waals surface area contributed by atoms with Crippen LogP contribution in [-0.4, -0.2) is 9.97 Å². The van der Waals surface area contributed by atoms with E-state index in [9.17, 15) is 0 Å². The smallest absolute Gasteiger partial charge is 0.150 e. The molecular formula is C16H11ClN4. The molecule has 0 aliphatic heterocycles. The fourth-order valence-corrected chi connectivity index (χ4v) is 2.29. The number of para-hydroxylation sites is 1. The molecule has 3 rings (SSSR count). The number of pyridine rings is 2. The molecule has 0 unspecified atom stereocenters. The van der Waals surface area contributed by atoms with E-state index in [1.165, 1.54) is 0 Å². The summed E-state index contributed by atoms with van der Waals surface area (Å²) in [6.07, 6.45) is 1.55. The van der Waals surface area contributed by atoms with E-state index in [0.717, 1.165) is 22.3 Å². The molecular weight excluding hydrogens is 284 g/mol. The van der Waals surface area contributed by atoms with Crippen LogP contribution in [-0.2, 0) is 0 Å². The maximum absolute atomic E-state index is 9.01. The molecule has 2 heterocycles. The van der Waals surface area contributed by atoms with Gasteiger partial charge in [0.2, 0.25) is 0 Å². The van der Waals surface area contributed by atoms with Gasteiger partial charge in [0.15, 0.2) is 5.82 Å². The van der Waals surface area contributed by atoms with Gasteiger partial charge in [0, 0.05) is 17.3 Å². The van der Waals surface area contributed by atoms with E-state index in [1.54, 1.807) is 12.3 Å². The van der Waals surface area contributed by atoms with E-state index in [0.29, 0.717) is 16.4 Å². The largest absolute Gasteiger partial charge is 0.337 e. The Hall–Kier alpha value is -2.64. The maximum atomic E-state index is 9.01. The number of halogens is 1. The number of nitrogens with one attached hydrogen (secondary N) is 1. The van der Waals surface area contributed by atoms with Crippen LogP contribution in [0.3, 0.4) is 0 Å². The summed E-state index contributed by atoms with van der Waals surface area (Å²) < 4.78 is 0. The highest BCUT2D eigenvalue weighted by Gasteiger charge is 2.09. The minimum atomic E-state index is 0.310. The van der Waals surface area contributed by atoms with Crippen molar-refractivity contribution >= 4 is 34.0 Å². The van der Waals surface area contributed by atoms with Crippen molar-refractivity contribution in [2.75, 3.05) is 5.32 Å². The molecule has 102 valence electrons. The van der Waals surface area contributed by atoms with Gasteiger partial charge in [0.1, 0.15) is 11.1 Å². The second kappa shape index (κ2) is 5.39. The van der Waals surface area contributed by atoms with Crippen LogP contribution in [0.15, 0.2) is 42.6 Å². The average molecular weight is 295 g/mol. The number of aryl methyl sites for hydroxylation is 1. The molecule has 0 fully saturated rings. The number of rotatable bonds is 2. The normalized spacial score (nSPS) is 10.3. The number of hydrogen-bond donors (Lipinski definition) is 1. The number of nitriles is 1. The van der Waals surface area contributed by atoms with Gasteiger partial charge >= 0.3 is 0 Å². The molecule has 0 saturated heterocycles. The van der Waals surface area contributed by atoms with Crippen LogP contribution in [0.2, 0.25) is 5.02 Å². The average Bonchev–Trinajstić information content (AvgIpc) is 2.50. The van der Waals surface area contributed by atoms with Gasteiger partial charge in [-0.2, -0.15) is 5.26 Å². The highest BCUT2D eigenvalue weighted by atomic mass is 35.5. The van der Waals surface area contributed by atoms with Crippen LogP contribution in [0.4, 0.5) is 11.5 Å². The second-order valence-electron chi connectivity index (χ2n) is 4.59. The van der Waals surface area contributed by atoms with Crippen LogP contribution < -0.4 is 5.32 Å². The van der Waals surface area contributed by atoms with Crippen LogP contribution in [0.5, 0.6) is 0 Å². The first-order valence-corrected chi connectivity index (χ1v) is 6.75. The van der Waals surface area contributed by atoms with Crippen LogP contribution >= 0.6 is 11.6 Å². The fourth-order valence-electron chi connectivity index (χ4n) is 2.09. The Kier molecular flexibility index (Phi) is 3.43. The highest BCUT2D eigenvalue weighted by molar-refractivity contribution is 6.34. The minimum absolute atomic E-state index is 0.310. The number of benzene rings is 1. The van der Waals surface area contributed by atoms with Gasteiger partial charge < -0.3 is 5.32 Å². The molecule has 1 aromatic carbocycles. The summed E-state index contributed by atoms with van der Waals surface area (Å²) in [5, 5.41) is 13.5. The lowest BCUT2D eigenvalue weighted by Crippen LogP contribution is -1.98. The summed E-state index contributed by atoms with van der Waals surface area (Å²) in [5.41, 5.74) is 2.97. The molecule has 2 aromatic heterocycles. The summed E-state index contributed by atoms with van der Waals surface area (Å²) in [6.45, 7) is 1.94. The van der Waals surface area contributed by atoms with E-state index >= 15 is 0 Å². The van der Waals surface area contributed by atoms with Gasteiger partial charge in [0.05, 0.1) is 16.8 Å². The monoisotopic (exact) mass is 294 g/mol. The van der Waals surface area contributed by atoms with Crippen LogP contribution in [0.25, 0.3) is 10.9 Å². The Morgan fingerprint density at radius 1 is 1.19 bits per heavy atom. The quantitative estimate of drug-likeness (QED) is 0.769. The topological polar surface area (TPSA) is 61.6 Å². The lowest BCUT2D eigenvalue weighted by Gasteiger charge is -2.10. The molecule has 0 atom stereocenters. The lowest BCUT2D eigenvalue weighted by molar-refractivity contribution is 1.25. The van der Waals surface area contributed by atoms with Crippen molar-refractivity contribution in [1.82, 2.24) is 9.97 Å². The Balaban J connectivity index is 2.11. The Labute approximate surface area is 127 Å². The Bertz CT molecular complexity index is 868. The van der Waals surface area contributed by atoms with E-state index in [4.69, 9.17) is 16.9 Å². The maximum Gasteiger partial charge on any atom is 0.150 e. The molecule has 3 aromatic rings. The summed E-state index contributed by atoms with van der Waals surface area (Å²) in [6, 6.07) is 13.4. The minimum Gasteiger partial charge on any atom is -0.337 e. The zero-order valence-corrected chi connectivity index (χ0v) is 12.0. The molecule has 4 nitrogen and oxygen atoms in total. The fraction of sp³-hybridized carbons (Fsp3) is 0.0625. The molecule has 0 amide bonds.